The summed E-state index contributed by atoms with van der Waals surface area (Å²) in [6.45, 7) is 7.46. The van der Waals surface area contributed by atoms with Gasteiger partial charge in [-0.1, -0.05) is 20.3 Å². The smallest absolute Gasteiger partial charge is 0.144 e. The third-order valence-corrected chi connectivity index (χ3v) is 5.01. The summed E-state index contributed by atoms with van der Waals surface area (Å²) < 4.78 is 1.01. The van der Waals surface area contributed by atoms with Crippen LogP contribution in [0.5, 0.6) is 0 Å². The molecule has 1 saturated carbocycles. The van der Waals surface area contributed by atoms with Crippen molar-refractivity contribution in [2.24, 2.45) is 5.92 Å². The molecule has 0 saturated heterocycles. The lowest BCUT2D eigenvalue weighted by molar-refractivity contribution is 0.516. The van der Waals surface area contributed by atoms with E-state index in [1.165, 1.54) is 25.7 Å². The van der Waals surface area contributed by atoms with Crippen molar-refractivity contribution in [2.45, 2.75) is 58.8 Å². The standard InChI is InChI=1S/C15H24BrN3/c1-4-8-17-15-13(16)10(3)18-14(19-15)12-7-6-11(5-2)9-12/h11-12H,4-9H2,1-3H3,(H,17,18,19). The molecule has 1 aromatic rings. The van der Waals surface area contributed by atoms with Crippen LogP contribution in [-0.2, 0) is 0 Å². The Kier molecular flexibility index (Phi) is 5.20. The predicted octanol–water partition coefficient (Wildman–Crippen LogP) is 4.66. The van der Waals surface area contributed by atoms with Gasteiger partial charge in [-0.25, -0.2) is 9.97 Å². The Balaban J connectivity index is 2.19. The van der Waals surface area contributed by atoms with Gasteiger partial charge in [0.25, 0.3) is 0 Å². The fourth-order valence-corrected chi connectivity index (χ4v) is 3.12. The van der Waals surface area contributed by atoms with Crippen molar-refractivity contribution < 1.29 is 0 Å². The molecule has 2 atom stereocenters. The maximum absolute atomic E-state index is 4.75. The van der Waals surface area contributed by atoms with Crippen LogP contribution in [-0.4, -0.2) is 16.5 Å². The molecule has 106 valence electrons. The van der Waals surface area contributed by atoms with Gasteiger partial charge in [0.1, 0.15) is 11.6 Å². The summed E-state index contributed by atoms with van der Waals surface area (Å²) in [5.41, 5.74) is 1.04. The van der Waals surface area contributed by atoms with Crippen molar-refractivity contribution in [3.8, 4) is 0 Å². The molecule has 1 heterocycles. The summed E-state index contributed by atoms with van der Waals surface area (Å²) in [5, 5.41) is 3.39. The maximum Gasteiger partial charge on any atom is 0.144 e. The first-order chi connectivity index (χ1) is 9.15. The van der Waals surface area contributed by atoms with E-state index in [0.29, 0.717) is 5.92 Å². The van der Waals surface area contributed by atoms with Crippen molar-refractivity contribution in [1.29, 1.82) is 0 Å². The highest BCUT2D eigenvalue weighted by molar-refractivity contribution is 9.10. The van der Waals surface area contributed by atoms with Crippen molar-refractivity contribution in [2.75, 3.05) is 11.9 Å². The number of hydrogen-bond acceptors (Lipinski definition) is 3. The Morgan fingerprint density at radius 2 is 2.05 bits per heavy atom. The molecule has 0 spiro atoms. The molecule has 1 N–H and O–H groups in total. The summed E-state index contributed by atoms with van der Waals surface area (Å²) in [5.74, 6) is 3.42. The van der Waals surface area contributed by atoms with Crippen LogP contribution in [0.15, 0.2) is 4.47 Å². The van der Waals surface area contributed by atoms with Gasteiger partial charge in [0.2, 0.25) is 0 Å². The Morgan fingerprint density at radius 1 is 1.26 bits per heavy atom. The molecule has 0 aliphatic heterocycles. The zero-order valence-electron chi connectivity index (χ0n) is 12.2. The second kappa shape index (κ2) is 6.69. The summed E-state index contributed by atoms with van der Waals surface area (Å²) >= 11 is 3.59. The predicted molar refractivity (Wildman–Crippen MR) is 83.6 cm³/mol. The highest BCUT2D eigenvalue weighted by Crippen LogP contribution is 2.39. The minimum atomic E-state index is 0.555. The van der Waals surface area contributed by atoms with E-state index in [9.17, 15) is 0 Å². The van der Waals surface area contributed by atoms with Crippen LogP contribution in [0, 0.1) is 12.8 Å². The van der Waals surface area contributed by atoms with Gasteiger partial charge in [0.05, 0.1) is 10.2 Å². The fraction of sp³-hybridized carbons (Fsp3) is 0.733. The van der Waals surface area contributed by atoms with E-state index in [0.717, 1.165) is 40.7 Å². The first-order valence-electron chi connectivity index (χ1n) is 7.43. The van der Waals surface area contributed by atoms with Gasteiger partial charge in [-0.15, -0.1) is 0 Å². The number of halogens is 1. The van der Waals surface area contributed by atoms with Gasteiger partial charge in [-0.3, -0.25) is 0 Å². The SMILES string of the molecule is CCCNc1nc(C2CCC(CC)C2)nc(C)c1Br. The fourth-order valence-electron chi connectivity index (χ4n) is 2.80. The molecular weight excluding hydrogens is 302 g/mol. The molecule has 2 rings (SSSR count). The topological polar surface area (TPSA) is 37.8 Å². The molecule has 2 unspecified atom stereocenters. The highest BCUT2D eigenvalue weighted by atomic mass is 79.9. The first kappa shape index (κ1) is 14.8. The molecule has 1 aliphatic carbocycles. The van der Waals surface area contributed by atoms with Crippen LogP contribution in [0.1, 0.15) is 63.4 Å². The Hall–Kier alpha value is -0.640. The minimum absolute atomic E-state index is 0.555. The molecule has 1 aromatic heterocycles. The lowest BCUT2D eigenvalue weighted by Crippen LogP contribution is -2.10. The number of anilines is 1. The van der Waals surface area contributed by atoms with Gasteiger partial charge in [-0.2, -0.15) is 0 Å². The summed E-state index contributed by atoms with van der Waals surface area (Å²) in [6, 6.07) is 0. The van der Waals surface area contributed by atoms with Crippen molar-refractivity contribution >= 4 is 21.7 Å². The Morgan fingerprint density at radius 3 is 2.68 bits per heavy atom. The average Bonchev–Trinajstić information content (AvgIpc) is 2.89. The zero-order chi connectivity index (χ0) is 13.8. The molecule has 0 radical (unpaired) electrons. The second-order valence-corrected chi connectivity index (χ2v) is 6.33. The van der Waals surface area contributed by atoms with E-state index < -0.39 is 0 Å². The van der Waals surface area contributed by atoms with E-state index >= 15 is 0 Å². The summed E-state index contributed by atoms with van der Waals surface area (Å²) in [4.78, 5) is 9.45. The first-order valence-corrected chi connectivity index (χ1v) is 8.22. The molecule has 0 amide bonds. The van der Waals surface area contributed by atoms with Crippen molar-refractivity contribution in [3.63, 3.8) is 0 Å². The zero-order valence-corrected chi connectivity index (χ0v) is 13.8. The van der Waals surface area contributed by atoms with E-state index in [1.54, 1.807) is 0 Å². The van der Waals surface area contributed by atoms with Gasteiger partial charge < -0.3 is 5.32 Å². The Labute approximate surface area is 124 Å². The minimum Gasteiger partial charge on any atom is -0.369 e. The van der Waals surface area contributed by atoms with Crippen LogP contribution in [0.25, 0.3) is 0 Å². The molecule has 3 nitrogen and oxygen atoms in total. The van der Waals surface area contributed by atoms with Gasteiger partial charge in [0.15, 0.2) is 0 Å². The molecule has 0 bridgehead atoms. The van der Waals surface area contributed by atoms with Gasteiger partial charge >= 0.3 is 0 Å². The van der Waals surface area contributed by atoms with Crippen molar-refractivity contribution in [1.82, 2.24) is 9.97 Å². The van der Waals surface area contributed by atoms with E-state index in [-0.39, 0.29) is 0 Å². The normalized spacial score (nSPS) is 22.7. The van der Waals surface area contributed by atoms with Crippen LogP contribution in [0.3, 0.4) is 0 Å². The van der Waals surface area contributed by atoms with Crippen LogP contribution < -0.4 is 5.32 Å². The summed E-state index contributed by atoms with van der Waals surface area (Å²) in [7, 11) is 0. The van der Waals surface area contributed by atoms with E-state index in [1.807, 2.05) is 0 Å². The monoisotopic (exact) mass is 325 g/mol. The number of rotatable bonds is 5. The van der Waals surface area contributed by atoms with Crippen LogP contribution >= 0.6 is 15.9 Å². The number of aryl methyl sites for hydroxylation is 1. The van der Waals surface area contributed by atoms with Gasteiger partial charge in [-0.05, 0) is 54.5 Å². The molecule has 1 aliphatic rings. The molecule has 1 fully saturated rings. The maximum atomic E-state index is 4.75. The molecule has 0 aromatic carbocycles. The highest BCUT2D eigenvalue weighted by Gasteiger charge is 2.27. The molecular formula is C15H24BrN3. The van der Waals surface area contributed by atoms with E-state index in [2.05, 4.69) is 42.0 Å². The number of hydrogen-bond donors (Lipinski definition) is 1. The number of nitrogens with zero attached hydrogens (tertiary/aromatic N) is 2. The van der Waals surface area contributed by atoms with E-state index in [4.69, 9.17) is 9.97 Å². The third-order valence-electron chi connectivity index (χ3n) is 4.06. The number of aromatic nitrogens is 2. The van der Waals surface area contributed by atoms with Gasteiger partial charge in [0, 0.05) is 12.5 Å². The van der Waals surface area contributed by atoms with Crippen LogP contribution in [0.2, 0.25) is 0 Å². The largest absolute Gasteiger partial charge is 0.369 e. The van der Waals surface area contributed by atoms with Crippen molar-refractivity contribution in [3.05, 3.63) is 16.0 Å². The average molecular weight is 326 g/mol. The third kappa shape index (κ3) is 3.47. The van der Waals surface area contributed by atoms with Crippen LogP contribution in [0.4, 0.5) is 5.82 Å². The molecule has 4 heteroatoms. The quantitative estimate of drug-likeness (QED) is 0.855. The lowest BCUT2D eigenvalue weighted by atomic mass is 10.0. The second-order valence-electron chi connectivity index (χ2n) is 5.54. The summed E-state index contributed by atoms with van der Waals surface area (Å²) in [6.07, 6.45) is 6.22. The Bertz CT molecular complexity index is 434. The lowest BCUT2D eigenvalue weighted by Gasteiger charge is -2.14. The number of nitrogens with one attached hydrogen (secondary N) is 1. The molecule has 19 heavy (non-hydrogen) atoms.